The molecule has 0 spiro atoms. The molecule has 0 saturated carbocycles. The first-order valence-electron chi connectivity index (χ1n) is 4.55. The van der Waals surface area contributed by atoms with Gasteiger partial charge in [-0.05, 0) is 25.1 Å². The zero-order valence-corrected chi connectivity index (χ0v) is 7.81. The fourth-order valence-electron chi connectivity index (χ4n) is 1.63. The summed E-state index contributed by atoms with van der Waals surface area (Å²) in [6, 6.07) is 10.0. The lowest BCUT2D eigenvalue weighted by molar-refractivity contribution is 1.09. The lowest BCUT2D eigenvalue weighted by Crippen LogP contribution is -1.89. The van der Waals surface area contributed by atoms with Crippen LogP contribution in [-0.4, -0.2) is 14.4 Å². The highest BCUT2D eigenvalue weighted by Gasteiger charge is 2.03. The van der Waals surface area contributed by atoms with E-state index in [1.54, 1.807) is 0 Å². The minimum atomic E-state index is 0.770. The van der Waals surface area contributed by atoms with E-state index < -0.39 is 0 Å². The normalized spacial score (nSPS) is 11.2. The van der Waals surface area contributed by atoms with Crippen molar-refractivity contribution in [3.05, 3.63) is 42.2 Å². The maximum Gasteiger partial charge on any atom is 0.235 e. The summed E-state index contributed by atoms with van der Waals surface area (Å²) in [5, 5.41) is 0. The Morgan fingerprint density at radius 1 is 1.07 bits per heavy atom. The van der Waals surface area contributed by atoms with E-state index in [9.17, 15) is 0 Å². The molecule has 0 unspecified atom stereocenters. The Labute approximate surface area is 81.0 Å². The largest absolute Gasteiger partial charge is 0.284 e. The molecular formula is C11H9N3. The highest BCUT2D eigenvalue weighted by molar-refractivity contribution is 5.79. The van der Waals surface area contributed by atoms with Crippen LogP contribution in [0, 0.1) is 6.92 Å². The van der Waals surface area contributed by atoms with Crippen molar-refractivity contribution in [2.75, 3.05) is 0 Å². The molecule has 1 aromatic carbocycles. The summed E-state index contributed by atoms with van der Waals surface area (Å²) in [5.41, 5.74) is 3.09. The monoisotopic (exact) mass is 183 g/mol. The van der Waals surface area contributed by atoms with Gasteiger partial charge in [0.1, 0.15) is 0 Å². The Morgan fingerprint density at radius 3 is 2.86 bits per heavy atom. The van der Waals surface area contributed by atoms with E-state index in [0.29, 0.717) is 0 Å². The lowest BCUT2D eigenvalue weighted by Gasteiger charge is -1.94. The van der Waals surface area contributed by atoms with E-state index in [1.807, 2.05) is 47.9 Å². The van der Waals surface area contributed by atoms with Crippen molar-refractivity contribution < 1.29 is 0 Å². The Kier molecular flexibility index (Phi) is 1.36. The third-order valence-electron chi connectivity index (χ3n) is 2.32. The molecule has 0 N–H and O–H groups in total. The Balaban J connectivity index is 2.57. The summed E-state index contributed by atoms with van der Waals surface area (Å²) in [6.45, 7) is 1.97. The maximum atomic E-state index is 4.43. The van der Waals surface area contributed by atoms with Gasteiger partial charge in [-0.3, -0.25) is 4.40 Å². The van der Waals surface area contributed by atoms with Crippen LogP contribution < -0.4 is 0 Å². The van der Waals surface area contributed by atoms with Crippen molar-refractivity contribution in [1.82, 2.24) is 14.4 Å². The van der Waals surface area contributed by atoms with Crippen LogP contribution in [0.3, 0.4) is 0 Å². The second-order valence-electron chi connectivity index (χ2n) is 3.34. The third-order valence-corrected chi connectivity index (χ3v) is 2.32. The van der Waals surface area contributed by atoms with Crippen molar-refractivity contribution in [3.63, 3.8) is 0 Å². The number of hydrogen-bond acceptors (Lipinski definition) is 2. The first-order valence-corrected chi connectivity index (χ1v) is 4.55. The molecule has 0 aliphatic heterocycles. The molecule has 0 atom stereocenters. The van der Waals surface area contributed by atoms with Crippen LogP contribution in [0.4, 0.5) is 0 Å². The summed E-state index contributed by atoms with van der Waals surface area (Å²) in [6.07, 6.45) is 2.01. The van der Waals surface area contributed by atoms with Crippen molar-refractivity contribution in [1.29, 1.82) is 0 Å². The summed E-state index contributed by atoms with van der Waals surface area (Å²) >= 11 is 0. The third kappa shape index (κ3) is 0.923. The van der Waals surface area contributed by atoms with Gasteiger partial charge in [-0.15, -0.1) is 0 Å². The number of benzene rings is 1. The summed E-state index contributed by atoms with van der Waals surface area (Å²) < 4.78 is 2.00. The predicted octanol–water partition coefficient (Wildman–Crippen LogP) is 2.19. The van der Waals surface area contributed by atoms with Gasteiger partial charge in [0.05, 0.1) is 11.0 Å². The van der Waals surface area contributed by atoms with Crippen LogP contribution in [-0.2, 0) is 0 Å². The van der Waals surface area contributed by atoms with Gasteiger partial charge in [-0.2, -0.15) is 0 Å². The SMILES string of the molecule is Cc1ccn2c(n1)nc1ccccc12. The van der Waals surface area contributed by atoms with E-state index in [-0.39, 0.29) is 0 Å². The molecule has 2 heterocycles. The van der Waals surface area contributed by atoms with Gasteiger partial charge in [0.15, 0.2) is 0 Å². The van der Waals surface area contributed by atoms with Gasteiger partial charge in [0.25, 0.3) is 0 Å². The van der Waals surface area contributed by atoms with E-state index in [4.69, 9.17) is 0 Å². The minimum Gasteiger partial charge on any atom is -0.284 e. The van der Waals surface area contributed by atoms with Gasteiger partial charge in [0, 0.05) is 11.9 Å². The molecule has 3 rings (SSSR count). The van der Waals surface area contributed by atoms with Crippen LogP contribution in [0.5, 0.6) is 0 Å². The number of rotatable bonds is 0. The smallest absolute Gasteiger partial charge is 0.235 e. The zero-order valence-electron chi connectivity index (χ0n) is 7.81. The lowest BCUT2D eigenvalue weighted by atomic mass is 10.3. The predicted molar refractivity (Wildman–Crippen MR) is 55.2 cm³/mol. The maximum absolute atomic E-state index is 4.43. The van der Waals surface area contributed by atoms with E-state index >= 15 is 0 Å². The summed E-state index contributed by atoms with van der Waals surface area (Å²) in [4.78, 5) is 8.79. The van der Waals surface area contributed by atoms with Crippen LogP contribution >= 0.6 is 0 Å². The molecule has 0 amide bonds. The number of imidazole rings is 1. The fourth-order valence-corrected chi connectivity index (χ4v) is 1.63. The number of nitrogens with zero attached hydrogens (tertiary/aromatic N) is 3. The number of aryl methyl sites for hydroxylation is 1. The van der Waals surface area contributed by atoms with Gasteiger partial charge < -0.3 is 0 Å². The molecule has 0 fully saturated rings. The average Bonchev–Trinajstić information content (AvgIpc) is 2.54. The second-order valence-corrected chi connectivity index (χ2v) is 3.34. The van der Waals surface area contributed by atoms with Crippen LogP contribution in [0.2, 0.25) is 0 Å². The highest BCUT2D eigenvalue weighted by Crippen LogP contribution is 2.14. The molecule has 2 aromatic heterocycles. The van der Waals surface area contributed by atoms with Crippen LogP contribution in [0.15, 0.2) is 36.5 Å². The molecule has 0 aliphatic carbocycles. The van der Waals surface area contributed by atoms with Crippen LogP contribution in [0.1, 0.15) is 5.69 Å². The van der Waals surface area contributed by atoms with Gasteiger partial charge in [-0.25, -0.2) is 9.97 Å². The van der Waals surface area contributed by atoms with Crippen molar-refractivity contribution in [2.45, 2.75) is 6.92 Å². The van der Waals surface area contributed by atoms with E-state index in [1.165, 1.54) is 0 Å². The molecule has 0 aliphatic rings. The molecule has 0 radical (unpaired) electrons. The number of aromatic nitrogens is 3. The number of para-hydroxylation sites is 2. The van der Waals surface area contributed by atoms with Crippen molar-refractivity contribution in [2.24, 2.45) is 0 Å². The minimum absolute atomic E-state index is 0.770. The Bertz CT molecular complexity index is 610. The molecule has 14 heavy (non-hydrogen) atoms. The molecule has 3 nitrogen and oxygen atoms in total. The quantitative estimate of drug-likeness (QED) is 0.534. The number of hydrogen-bond donors (Lipinski definition) is 0. The topological polar surface area (TPSA) is 30.2 Å². The first kappa shape index (κ1) is 7.50. The first-order chi connectivity index (χ1) is 6.84. The standard InChI is InChI=1S/C11H9N3/c1-8-6-7-14-10-5-3-2-4-9(10)13-11(14)12-8/h2-7H,1H3. The average molecular weight is 183 g/mol. The molecule has 3 aromatic rings. The summed E-state index contributed by atoms with van der Waals surface area (Å²) in [5.74, 6) is 0.770. The Morgan fingerprint density at radius 2 is 1.93 bits per heavy atom. The highest BCUT2D eigenvalue weighted by atomic mass is 15.1. The number of fused-ring (bicyclic) bond motifs is 3. The van der Waals surface area contributed by atoms with Crippen molar-refractivity contribution >= 4 is 16.8 Å². The molecule has 0 saturated heterocycles. The molecule has 3 heteroatoms. The van der Waals surface area contributed by atoms with Gasteiger partial charge >= 0.3 is 0 Å². The molecule has 68 valence electrons. The summed E-state index contributed by atoms with van der Waals surface area (Å²) in [7, 11) is 0. The van der Waals surface area contributed by atoms with Crippen molar-refractivity contribution in [3.8, 4) is 0 Å². The molecular weight excluding hydrogens is 174 g/mol. The zero-order chi connectivity index (χ0) is 9.54. The molecule has 0 bridgehead atoms. The van der Waals surface area contributed by atoms with Gasteiger partial charge in [-0.1, -0.05) is 12.1 Å². The van der Waals surface area contributed by atoms with Gasteiger partial charge in [0.2, 0.25) is 5.78 Å². The second kappa shape index (κ2) is 2.54. The fraction of sp³-hybridized carbons (Fsp3) is 0.0909. The van der Waals surface area contributed by atoms with E-state index in [2.05, 4.69) is 9.97 Å². The Hall–Kier alpha value is -1.90. The van der Waals surface area contributed by atoms with Crippen LogP contribution in [0.25, 0.3) is 16.8 Å². The van der Waals surface area contributed by atoms with E-state index in [0.717, 1.165) is 22.5 Å².